The minimum Gasteiger partial charge on any atom is -0.355 e. The van der Waals surface area contributed by atoms with E-state index in [9.17, 15) is 4.79 Å². The molecule has 1 aromatic carbocycles. The maximum atomic E-state index is 11.6. The second-order valence-electron chi connectivity index (χ2n) is 3.32. The molecule has 1 N–H and O–H groups in total. The molecule has 1 rings (SSSR count). The van der Waals surface area contributed by atoms with E-state index in [0.717, 1.165) is 6.42 Å². The van der Waals surface area contributed by atoms with Crippen molar-refractivity contribution in [1.82, 2.24) is 5.32 Å². The zero-order valence-corrected chi connectivity index (χ0v) is 11.0. The summed E-state index contributed by atoms with van der Waals surface area (Å²) in [5.74, 6) is -0.243. The predicted octanol–water partition coefficient (Wildman–Crippen LogP) is 3.80. The van der Waals surface area contributed by atoms with Crippen LogP contribution in [0.3, 0.4) is 0 Å². The molecule has 0 aliphatic heterocycles. The molecule has 0 aliphatic carbocycles. The highest BCUT2D eigenvalue weighted by Crippen LogP contribution is 2.30. The van der Waals surface area contributed by atoms with E-state index in [4.69, 9.17) is 34.8 Å². The Balaban J connectivity index is 2.79. The summed E-state index contributed by atoms with van der Waals surface area (Å²) in [6.45, 7) is 2.58. The fraction of sp³-hybridized carbons (Fsp3) is 0.364. The summed E-state index contributed by atoms with van der Waals surface area (Å²) in [7, 11) is 0. The van der Waals surface area contributed by atoms with E-state index in [2.05, 4.69) is 5.32 Å². The summed E-state index contributed by atoms with van der Waals surface area (Å²) >= 11 is 17.7. The number of hydrogen-bond donors (Lipinski definition) is 1. The Kier molecular flexibility index (Phi) is 5.39. The van der Waals surface area contributed by atoms with Crippen molar-refractivity contribution in [2.45, 2.75) is 18.7 Å². The minimum atomic E-state index is -0.781. The van der Waals surface area contributed by atoms with Gasteiger partial charge < -0.3 is 5.32 Å². The molecule has 0 aliphatic rings. The van der Waals surface area contributed by atoms with E-state index in [0.29, 0.717) is 22.2 Å². The van der Waals surface area contributed by atoms with Gasteiger partial charge in [-0.1, -0.05) is 36.2 Å². The van der Waals surface area contributed by atoms with Gasteiger partial charge in [0.1, 0.15) is 5.38 Å². The Morgan fingerprint density at radius 2 is 2.12 bits per heavy atom. The Morgan fingerprint density at radius 1 is 1.44 bits per heavy atom. The largest absolute Gasteiger partial charge is 0.355 e. The second-order valence-corrected chi connectivity index (χ2v) is 4.60. The molecule has 0 saturated heterocycles. The summed E-state index contributed by atoms with van der Waals surface area (Å²) in [6.07, 6.45) is 0.865. The Morgan fingerprint density at radius 3 is 2.69 bits per heavy atom. The molecule has 16 heavy (non-hydrogen) atoms. The third kappa shape index (κ3) is 3.55. The van der Waals surface area contributed by atoms with Crippen LogP contribution in [0.15, 0.2) is 18.2 Å². The smallest absolute Gasteiger partial charge is 0.242 e. The topological polar surface area (TPSA) is 29.1 Å². The van der Waals surface area contributed by atoms with E-state index in [1.807, 2.05) is 6.92 Å². The lowest BCUT2D eigenvalue weighted by atomic mass is 10.1. The molecular weight excluding hydrogens is 268 g/mol. The third-order valence-corrected chi connectivity index (χ3v) is 3.01. The van der Waals surface area contributed by atoms with E-state index >= 15 is 0 Å². The monoisotopic (exact) mass is 279 g/mol. The number of hydrogen-bond acceptors (Lipinski definition) is 1. The van der Waals surface area contributed by atoms with Gasteiger partial charge in [0.2, 0.25) is 5.91 Å². The summed E-state index contributed by atoms with van der Waals surface area (Å²) < 4.78 is 0. The molecule has 0 spiro atoms. The lowest BCUT2D eigenvalue weighted by molar-refractivity contribution is -0.120. The van der Waals surface area contributed by atoms with Crippen LogP contribution in [-0.2, 0) is 4.79 Å². The van der Waals surface area contributed by atoms with E-state index in [1.54, 1.807) is 18.2 Å². The van der Waals surface area contributed by atoms with Crippen LogP contribution in [0.1, 0.15) is 24.3 Å². The number of nitrogens with one attached hydrogen (secondary N) is 1. The van der Waals surface area contributed by atoms with Gasteiger partial charge in [-0.3, -0.25) is 4.79 Å². The van der Waals surface area contributed by atoms with Gasteiger partial charge in [0, 0.05) is 16.6 Å². The van der Waals surface area contributed by atoms with Crippen molar-refractivity contribution in [3.05, 3.63) is 33.8 Å². The maximum Gasteiger partial charge on any atom is 0.242 e. The van der Waals surface area contributed by atoms with E-state index in [-0.39, 0.29) is 5.91 Å². The van der Waals surface area contributed by atoms with Crippen molar-refractivity contribution in [3.8, 4) is 0 Å². The summed E-state index contributed by atoms with van der Waals surface area (Å²) in [5, 5.41) is 2.85. The summed E-state index contributed by atoms with van der Waals surface area (Å²) in [4.78, 5) is 11.6. The Labute approximate surface area is 110 Å². The molecule has 88 valence electrons. The van der Waals surface area contributed by atoms with Crippen molar-refractivity contribution in [2.75, 3.05) is 6.54 Å². The highest BCUT2D eigenvalue weighted by molar-refractivity contribution is 6.37. The third-order valence-electron chi connectivity index (χ3n) is 2.01. The number of carbonyl (C=O) groups is 1. The molecular formula is C11H12Cl3NO. The normalized spacial score (nSPS) is 12.2. The van der Waals surface area contributed by atoms with Crippen LogP contribution >= 0.6 is 34.8 Å². The zero-order valence-electron chi connectivity index (χ0n) is 8.77. The quantitative estimate of drug-likeness (QED) is 0.835. The first-order valence-corrected chi connectivity index (χ1v) is 6.12. The van der Waals surface area contributed by atoms with Crippen LogP contribution in [0.2, 0.25) is 10.0 Å². The fourth-order valence-electron chi connectivity index (χ4n) is 1.19. The highest BCUT2D eigenvalue weighted by atomic mass is 35.5. The van der Waals surface area contributed by atoms with Crippen molar-refractivity contribution < 1.29 is 4.79 Å². The van der Waals surface area contributed by atoms with Crippen LogP contribution in [-0.4, -0.2) is 12.5 Å². The molecule has 1 amide bonds. The van der Waals surface area contributed by atoms with Crippen LogP contribution in [0, 0.1) is 0 Å². The molecule has 0 heterocycles. The van der Waals surface area contributed by atoms with Gasteiger partial charge in [0.05, 0.1) is 0 Å². The van der Waals surface area contributed by atoms with Crippen molar-refractivity contribution in [1.29, 1.82) is 0 Å². The average molecular weight is 281 g/mol. The SMILES string of the molecule is CCCNC(=O)C(Cl)c1ccc(Cl)cc1Cl. The lowest BCUT2D eigenvalue weighted by Gasteiger charge is -2.11. The fourth-order valence-corrected chi connectivity index (χ4v) is 2.03. The number of halogens is 3. The van der Waals surface area contributed by atoms with Gasteiger partial charge in [-0.05, 0) is 24.1 Å². The van der Waals surface area contributed by atoms with Gasteiger partial charge in [-0.25, -0.2) is 0 Å². The first kappa shape index (κ1) is 13.6. The van der Waals surface area contributed by atoms with Gasteiger partial charge >= 0.3 is 0 Å². The van der Waals surface area contributed by atoms with Gasteiger partial charge in [-0.2, -0.15) is 0 Å². The van der Waals surface area contributed by atoms with Crippen LogP contribution in [0.5, 0.6) is 0 Å². The molecule has 1 atom stereocenters. The van der Waals surface area contributed by atoms with Crippen molar-refractivity contribution in [2.24, 2.45) is 0 Å². The number of rotatable bonds is 4. The molecule has 0 bridgehead atoms. The summed E-state index contributed by atoms with van der Waals surface area (Å²) in [5.41, 5.74) is 0.571. The standard InChI is InChI=1S/C11H12Cl3NO/c1-2-5-15-11(16)10(14)8-4-3-7(12)6-9(8)13/h3-4,6,10H,2,5H2,1H3,(H,15,16). The molecule has 0 aromatic heterocycles. The maximum absolute atomic E-state index is 11.6. The molecule has 0 radical (unpaired) electrons. The molecule has 2 nitrogen and oxygen atoms in total. The van der Waals surface area contributed by atoms with Crippen LogP contribution in [0.4, 0.5) is 0 Å². The Bertz CT molecular complexity index is 381. The molecule has 5 heteroatoms. The van der Waals surface area contributed by atoms with Crippen LogP contribution in [0.25, 0.3) is 0 Å². The van der Waals surface area contributed by atoms with Gasteiger partial charge in [-0.15, -0.1) is 11.6 Å². The second kappa shape index (κ2) is 6.33. The molecule has 1 aromatic rings. The van der Waals surface area contributed by atoms with Gasteiger partial charge in [0.25, 0.3) is 0 Å². The lowest BCUT2D eigenvalue weighted by Crippen LogP contribution is -2.27. The van der Waals surface area contributed by atoms with E-state index in [1.165, 1.54) is 0 Å². The van der Waals surface area contributed by atoms with Crippen LogP contribution < -0.4 is 5.32 Å². The van der Waals surface area contributed by atoms with Gasteiger partial charge in [0.15, 0.2) is 0 Å². The zero-order chi connectivity index (χ0) is 12.1. The highest BCUT2D eigenvalue weighted by Gasteiger charge is 2.19. The van der Waals surface area contributed by atoms with Crippen molar-refractivity contribution >= 4 is 40.7 Å². The first-order valence-electron chi connectivity index (χ1n) is 4.93. The number of benzene rings is 1. The average Bonchev–Trinajstić information content (AvgIpc) is 2.25. The first-order chi connectivity index (χ1) is 7.56. The number of carbonyl (C=O) groups excluding carboxylic acids is 1. The van der Waals surface area contributed by atoms with E-state index < -0.39 is 5.38 Å². The molecule has 0 saturated carbocycles. The molecule has 1 unspecified atom stereocenters. The number of amides is 1. The minimum absolute atomic E-state index is 0.243. The predicted molar refractivity (Wildman–Crippen MR) is 68.4 cm³/mol. The Hall–Kier alpha value is -0.440. The molecule has 0 fully saturated rings. The van der Waals surface area contributed by atoms with Crippen molar-refractivity contribution in [3.63, 3.8) is 0 Å². The summed E-state index contributed by atoms with van der Waals surface area (Å²) in [6, 6.07) is 4.89. The number of alkyl halides is 1.